The van der Waals surface area contributed by atoms with E-state index >= 15 is 0 Å². The molecule has 38 heavy (non-hydrogen) atoms. The van der Waals surface area contributed by atoms with E-state index in [1.807, 2.05) is 24.3 Å². The number of thiazole rings is 1. The molecule has 2 saturated heterocycles. The smallest absolute Gasteiger partial charge is 0.329 e. The van der Waals surface area contributed by atoms with Crippen LogP contribution in [-0.4, -0.2) is 60.4 Å². The quantitative estimate of drug-likeness (QED) is 0.342. The van der Waals surface area contributed by atoms with Gasteiger partial charge in [-0.1, -0.05) is 46.7 Å². The zero-order chi connectivity index (χ0) is 26.2. The molecule has 9 nitrogen and oxygen atoms in total. The fraction of sp³-hybridized carbons (Fsp3) is 0.231. The second-order valence-corrected chi connectivity index (χ2v) is 10.6. The fourth-order valence-electron chi connectivity index (χ4n) is 4.56. The van der Waals surface area contributed by atoms with Gasteiger partial charge in [-0.15, -0.1) is 0 Å². The Labute approximate surface area is 233 Å². The topological polar surface area (TPSA) is 101 Å². The minimum Gasteiger partial charge on any atom is -0.378 e. The van der Waals surface area contributed by atoms with Crippen LogP contribution < -0.4 is 20.4 Å². The molecule has 194 valence electrons. The van der Waals surface area contributed by atoms with Crippen LogP contribution >= 0.6 is 34.5 Å². The SMILES string of the molecule is Nc1nccc(-c2nc(N3CCOCC3)sc2-c2cccc(N3CCN(c4ccc(Cl)c(Cl)c4)C3=O)c2)n1. The van der Waals surface area contributed by atoms with Gasteiger partial charge in [0.05, 0.1) is 33.8 Å². The number of halogens is 2. The third kappa shape index (κ3) is 4.76. The van der Waals surface area contributed by atoms with Crippen molar-refractivity contribution in [2.24, 2.45) is 0 Å². The van der Waals surface area contributed by atoms with Crippen molar-refractivity contribution in [1.29, 1.82) is 0 Å². The first-order chi connectivity index (χ1) is 18.5. The van der Waals surface area contributed by atoms with Crippen molar-refractivity contribution >= 4 is 63.0 Å². The molecule has 2 fully saturated rings. The number of ether oxygens (including phenoxy) is 1. The van der Waals surface area contributed by atoms with Gasteiger partial charge in [-0.05, 0) is 42.0 Å². The van der Waals surface area contributed by atoms with Crippen LogP contribution in [0.5, 0.6) is 0 Å². The molecular formula is C26H23Cl2N7O2S. The summed E-state index contributed by atoms with van der Waals surface area (Å²) in [5.41, 5.74) is 9.72. The Morgan fingerprint density at radius 3 is 2.39 bits per heavy atom. The van der Waals surface area contributed by atoms with Crippen LogP contribution in [0.3, 0.4) is 0 Å². The van der Waals surface area contributed by atoms with Crippen molar-refractivity contribution in [3.63, 3.8) is 0 Å². The number of nitrogen functional groups attached to an aromatic ring is 1. The lowest BCUT2D eigenvalue weighted by atomic mass is 10.1. The molecule has 0 radical (unpaired) electrons. The molecule has 4 aromatic rings. The first-order valence-electron chi connectivity index (χ1n) is 12.0. The van der Waals surface area contributed by atoms with E-state index in [9.17, 15) is 4.79 Å². The molecule has 2 aromatic heterocycles. The van der Waals surface area contributed by atoms with Gasteiger partial charge < -0.3 is 15.4 Å². The van der Waals surface area contributed by atoms with Crippen molar-refractivity contribution in [2.45, 2.75) is 0 Å². The number of nitrogens with zero attached hydrogens (tertiary/aromatic N) is 6. The average molecular weight is 568 g/mol. The van der Waals surface area contributed by atoms with Crippen molar-refractivity contribution in [3.05, 3.63) is 64.8 Å². The Balaban J connectivity index is 1.35. The van der Waals surface area contributed by atoms with Gasteiger partial charge in [0.25, 0.3) is 0 Å². The fourth-order valence-corrected chi connectivity index (χ4v) is 5.97. The highest BCUT2D eigenvalue weighted by atomic mass is 35.5. The Morgan fingerprint density at radius 2 is 1.66 bits per heavy atom. The standard InChI is InChI=1S/C26H23Cl2N7O2S/c27-19-5-4-18(15-20(19)28)35-9-8-34(26(35)36)17-3-1-2-16(14-17)23-22(21-6-7-30-24(29)31-21)32-25(38-23)33-10-12-37-13-11-33/h1-7,14-15H,8-13H2,(H2,29,30,31). The van der Waals surface area contributed by atoms with Crippen LogP contribution in [0.15, 0.2) is 54.7 Å². The van der Waals surface area contributed by atoms with E-state index in [0.717, 1.165) is 40.0 Å². The molecule has 0 unspecified atom stereocenters. The molecule has 2 N–H and O–H groups in total. The van der Waals surface area contributed by atoms with Crippen LogP contribution in [-0.2, 0) is 4.74 Å². The van der Waals surface area contributed by atoms with E-state index in [-0.39, 0.29) is 12.0 Å². The maximum Gasteiger partial charge on any atom is 0.329 e. The van der Waals surface area contributed by atoms with E-state index in [0.29, 0.717) is 47.7 Å². The number of rotatable bonds is 5. The monoisotopic (exact) mass is 567 g/mol. The minimum absolute atomic E-state index is 0.123. The van der Waals surface area contributed by atoms with Gasteiger partial charge in [-0.2, -0.15) is 0 Å². The molecule has 4 heterocycles. The first-order valence-corrected chi connectivity index (χ1v) is 13.6. The molecular weight excluding hydrogens is 545 g/mol. The Morgan fingerprint density at radius 1 is 0.895 bits per heavy atom. The molecule has 2 aromatic carbocycles. The third-order valence-electron chi connectivity index (χ3n) is 6.46. The van der Waals surface area contributed by atoms with Gasteiger partial charge in [-0.3, -0.25) is 9.80 Å². The summed E-state index contributed by atoms with van der Waals surface area (Å²) in [5.74, 6) is 0.188. The number of hydrogen-bond donors (Lipinski definition) is 1. The molecule has 2 amide bonds. The lowest BCUT2D eigenvalue weighted by molar-refractivity contribution is 0.122. The number of hydrogen-bond acceptors (Lipinski definition) is 8. The summed E-state index contributed by atoms with van der Waals surface area (Å²) < 4.78 is 5.52. The number of aromatic nitrogens is 3. The second kappa shape index (κ2) is 10.4. The van der Waals surface area contributed by atoms with Gasteiger partial charge in [0.2, 0.25) is 5.95 Å². The maximum atomic E-state index is 13.4. The summed E-state index contributed by atoms with van der Waals surface area (Å²) in [6, 6.07) is 14.8. The van der Waals surface area contributed by atoms with E-state index in [1.54, 1.807) is 51.6 Å². The predicted molar refractivity (Wildman–Crippen MR) is 153 cm³/mol. The third-order valence-corrected chi connectivity index (χ3v) is 8.36. The van der Waals surface area contributed by atoms with E-state index < -0.39 is 0 Å². The molecule has 0 bridgehead atoms. The lowest BCUT2D eigenvalue weighted by Gasteiger charge is -2.26. The van der Waals surface area contributed by atoms with Crippen LogP contribution in [0.4, 0.5) is 27.2 Å². The minimum atomic E-state index is -0.123. The van der Waals surface area contributed by atoms with Crippen molar-refractivity contribution in [3.8, 4) is 21.8 Å². The van der Waals surface area contributed by atoms with Crippen LogP contribution in [0.1, 0.15) is 0 Å². The summed E-state index contributed by atoms with van der Waals surface area (Å²) in [6.45, 7) is 3.93. The zero-order valence-corrected chi connectivity index (χ0v) is 22.5. The first kappa shape index (κ1) is 24.9. The van der Waals surface area contributed by atoms with E-state index in [1.165, 1.54) is 0 Å². The number of morpholine rings is 1. The summed E-state index contributed by atoms with van der Waals surface area (Å²) >= 11 is 13.9. The lowest BCUT2D eigenvalue weighted by Crippen LogP contribution is -2.36. The predicted octanol–water partition coefficient (Wildman–Crippen LogP) is 5.44. The Bertz CT molecular complexity index is 1510. The van der Waals surface area contributed by atoms with Gasteiger partial charge >= 0.3 is 6.03 Å². The molecule has 2 aliphatic heterocycles. The summed E-state index contributed by atoms with van der Waals surface area (Å²) in [7, 11) is 0. The summed E-state index contributed by atoms with van der Waals surface area (Å²) in [6.07, 6.45) is 1.63. The molecule has 2 aliphatic rings. The number of nitrogens with two attached hydrogens (primary N) is 1. The highest BCUT2D eigenvalue weighted by Crippen LogP contribution is 2.41. The number of benzene rings is 2. The largest absolute Gasteiger partial charge is 0.378 e. The van der Waals surface area contributed by atoms with Crippen molar-refractivity contribution < 1.29 is 9.53 Å². The molecule has 12 heteroatoms. The average Bonchev–Trinajstić information content (AvgIpc) is 3.55. The van der Waals surface area contributed by atoms with Gasteiger partial charge in [-0.25, -0.2) is 19.7 Å². The second-order valence-electron chi connectivity index (χ2n) is 8.81. The molecule has 0 spiro atoms. The van der Waals surface area contributed by atoms with Crippen LogP contribution in [0.2, 0.25) is 10.0 Å². The maximum absolute atomic E-state index is 13.4. The van der Waals surface area contributed by atoms with Crippen LogP contribution in [0.25, 0.3) is 21.8 Å². The summed E-state index contributed by atoms with van der Waals surface area (Å²) in [4.78, 5) is 33.5. The number of urea groups is 1. The highest BCUT2D eigenvalue weighted by molar-refractivity contribution is 7.19. The number of carbonyl (C=O) groups excluding carboxylic acids is 1. The number of amides is 2. The summed E-state index contributed by atoms with van der Waals surface area (Å²) in [5, 5.41) is 1.76. The molecule has 0 aliphatic carbocycles. The molecule has 0 saturated carbocycles. The zero-order valence-electron chi connectivity index (χ0n) is 20.2. The number of carbonyl (C=O) groups is 1. The van der Waals surface area contributed by atoms with Crippen LogP contribution in [0, 0.1) is 0 Å². The Kier molecular flexibility index (Phi) is 6.79. The van der Waals surface area contributed by atoms with Crippen molar-refractivity contribution in [2.75, 3.05) is 59.8 Å². The van der Waals surface area contributed by atoms with E-state index in [2.05, 4.69) is 14.9 Å². The van der Waals surface area contributed by atoms with Gasteiger partial charge in [0.15, 0.2) is 5.13 Å². The molecule has 0 atom stereocenters. The van der Waals surface area contributed by atoms with E-state index in [4.69, 9.17) is 38.7 Å². The normalized spacial score (nSPS) is 15.9. The van der Waals surface area contributed by atoms with Crippen molar-refractivity contribution in [1.82, 2.24) is 15.0 Å². The van der Waals surface area contributed by atoms with Gasteiger partial charge in [0, 0.05) is 43.8 Å². The molecule has 6 rings (SSSR count). The Hall–Kier alpha value is -3.44. The highest BCUT2D eigenvalue weighted by Gasteiger charge is 2.31. The van der Waals surface area contributed by atoms with Gasteiger partial charge in [0.1, 0.15) is 5.69 Å². The number of anilines is 4.